The second-order valence-corrected chi connectivity index (χ2v) is 5.79. The highest BCUT2D eigenvalue weighted by atomic mass is 16.3. The molecule has 0 aromatic carbocycles. The van der Waals surface area contributed by atoms with Crippen molar-refractivity contribution in [1.82, 2.24) is 10.2 Å². The van der Waals surface area contributed by atoms with Crippen LogP contribution in [-0.2, 0) is 0 Å². The SMILES string of the molecule is CCCNC(CO)CCN(CC1CC1)C1CC1. The van der Waals surface area contributed by atoms with E-state index in [4.69, 9.17) is 0 Å². The first kappa shape index (κ1) is 13.3. The summed E-state index contributed by atoms with van der Waals surface area (Å²) in [5.41, 5.74) is 0. The standard InChI is InChI=1S/C14H28N2O/c1-2-8-15-13(11-17)7-9-16(14-5-6-14)10-12-3-4-12/h12-15,17H,2-11H2,1H3. The molecule has 0 heterocycles. The van der Waals surface area contributed by atoms with Gasteiger partial charge in [-0.2, -0.15) is 0 Å². The molecule has 0 saturated heterocycles. The van der Waals surface area contributed by atoms with Crippen molar-refractivity contribution in [1.29, 1.82) is 0 Å². The number of hydrogen-bond acceptors (Lipinski definition) is 3. The average molecular weight is 240 g/mol. The molecule has 2 fully saturated rings. The van der Waals surface area contributed by atoms with Crippen LogP contribution in [0.15, 0.2) is 0 Å². The van der Waals surface area contributed by atoms with Crippen LogP contribution < -0.4 is 5.32 Å². The van der Waals surface area contributed by atoms with Gasteiger partial charge in [0.05, 0.1) is 6.61 Å². The Morgan fingerprint density at radius 3 is 2.59 bits per heavy atom. The molecule has 3 nitrogen and oxygen atoms in total. The zero-order valence-corrected chi connectivity index (χ0v) is 11.2. The predicted octanol–water partition coefficient (Wildman–Crippen LogP) is 1.61. The average Bonchev–Trinajstić information content (AvgIpc) is 3.19. The van der Waals surface area contributed by atoms with Gasteiger partial charge in [-0.05, 0) is 51.0 Å². The van der Waals surface area contributed by atoms with Crippen LogP contribution in [0, 0.1) is 5.92 Å². The normalized spacial score (nSPS) is 22.1. The van der Waals surface area contributed by atoms with Gasteiger partial charge < -0.3 is 15.3 Å². The molecule has 2 aliphatic rings. The van der Waals surface area contributed by atoms with E-state index < -0.39 is 0 Å². The van der Waals surface area contributed by atoms with Crippen LogP contribution >= 0.6 is 0 Å². The van der Waals surface area contributed by atoms with Crippen molar-refractivity contribution in [2.24, 2.45) is 5.92 Å². The minimum Gasteiger partial charge on any atom is -0.395 e. The summed E-state index contributed by atoms with van der Waals surface area (Å²) in [6.45, 7) is 5.96. The maximum Gasteiger partial charge on any atom is 0.0585 e. The Morgan fingerprint density at radius 1 is 1.29 bits per heavy atom. The van der Waals surface area contributed by atoms with Gasteiger partial charge >= 0.3 is 0 Å². The molecule has 1 unspecified atom stereocenters. The zero-order chi connectivity index (χ0) is 12.1. The highest BCUT2D eigenvalue weighted by Crippen LogP contribution is 2.34. The molecule has 2 N–H and O–H groups in total. The van der Waals surface area contributed by atoms with Gasteiger partial charge in [0.1, 0.15) is 0 Å². The molecule has 0 aromatic rings. The van der Waals surface area contributed by atoms with Crippen LogP contribution in [0.5, 0.6) is 0 Å². The van der Waals surface area contributed by atoms with Crippen molar-refractivity contribution in [2.45, 2.75) is 57.5 Å². The van der Waals surface area contributed by atoms with E-state index in [1.54, 1.807) is 0 Å². The van der Waals surface area contributed by atoms with E-state index in [0.29, 0.717) is 6.04 Å². The van der Waals surface area contributed by atoms with Gasteiger partial charge in [-0.25, -0.2) is 0 Å². The Kier molecular flexibility index (Phi) is 5.26. The number of rotatable bonds is 10. The van der Waals surface area contributed by atoms with Gasteiger partial charge in [-0.15, -0.1) is 0 Å². The fourth-order valence-corrected chi connectivity index (χ4v) is 2.42. The van der Waals surface area contributed by atoms with E-state index in [1.807, 2.05) is 0 Å². The second kappa shape index (κ2) is 6.72. The first-order valence-electron chi connectivity index (χ1n) is 7.41. The number of nitrogens with zero attached hydrogens (tertiary/aromatic N) is 1. The van der Waals surface area contributed by atoms with E-state index in [-0.39, 0.29) is 6.61 Å². The molecule has 17 heavy (non-hydrogen) atoms. The molecular weight excluding hydrogens is 212 g/mol. The number of aliphatic hydroxyl groups is 1. The third-order valence-electron chi connectivity index (χ3n) is 3.92. The molecule has 1 atom stereocenters. The van der Waals surface area contributed by atoms with Crippen molar-refractivity contribution in [3.63, 3.8) is 0 Å². The van der Waals surface area contributed by atoms with Crippen molar-refractivity contribution < 1.29 is 5.11 Å². The van der Waals surface area contributed by atoms with E-state index in [0.717, 1.165) is 31.3 Å². The molecule has 0 radical (unpaired) electrons. The molecule has 0 aromatic heterocycles. The lowest BCUT2D eigenvalue weighted by Gasteiger charge is -2.24. The lowest BCUT2D eigenvalue weighted by atomic mass is 10.2. The molecule has 100 valence electrons. The van der Waals surface area contributed by atoms with Crippen molar-refractivity contribution in [3.05, 3.63) is 0 Å². The number of hydrogen-bond donors (Lipinski definition) is 2. The molecule has 2 rings (SSSR count). The van der Waals surface area contributed by atoms with Crippen LogP contribution in [0.4, 0.5) is 0 Å². The van der Waals surface area contributed by atoms with E-state index in [1.165, 1.54) is 38.8 Å². The molecule has 0 amide bonds. The fraction of sp³-hybridized carbons (Fsp3) is 1.00. The smallest absolute Gasteiger partial charge is 0.0585 e. The monoisotopic (exact) mass is 240 g/mol. The first-order chi connectivity index (χ1) is 8.33. The van der Waals surface area contributed by atoms with Gasteiger partial charge in [0.25, 0.3) is 0 Å². The second-order valence-electron chi connectivity index (χ2n) is 5.79. The predicted molar refractivity (Wildman–Crippen MR) is 71.1 cm³/mol. The Hall–Kier alpha value is -0.120. The van der Waals surface area contributed by atoms with Crippen LogP contribution in [-0.4, -0.2) is 48.3 Å². The largest absolute Gasteiger partial charge is 0.395 e. The van der Waals surface area contributed by atoms with Gasteiger partial charge in [0.2, 0.25) is 0 Å². The first-order valence-corrected chi connectivity index (χ1v) is 7.41. The van der Waals surface area contributed by atoms with Crippen LogP contribution in [0.25, 0.3) is 0 Å². The fourth-order valence-electron chi connectivity index (χ4n) is 2.42. The summed E-state index contributed by atoms with van der Waals surface area (Å²) < 4.78 is 0. The zero-order valence-electron chi connectivity index (χ0n) is 11.2. The molecule has 3 heteroatoms. The van der Waals surface area contributed by atoms with E-state index >= 15 is 0 Å². The minimum atomic E-state index is 0.280. The van der Waals surface area contributed by atoms with Crippen molar-refractivity contribution in [3.8, 4) is 0 Å². The topological polar surface area (TPSA) is 35.5 Å². The van der Waals surface area contributed by atoms with Crippen molar-refractivity contribution >= 4 is 0 Å². The van der Waals surface area contributed by atoms with Gasteiger partial charge in [-0.3, -0.25) is 0 Å². The highest BCUT2D eigenvalue weighted by Gasteiger charge is 2.33. The van der Waals surface area contributed by atoms with Gasteiger partial charge in [0.15, 0.2) is 0 Å². The summed E-state index contributed by atoms with van der Waals surface area (Å²) in [4.78, 5) is 2.67. The lowest BCUT2D eigenvalue weighted by molar-refractivity contribution is 0.197. The number of aliphatic hydroxyl groups excluding tert-OH is 1. The molecule has 2 saturated carbocycles. The van der Waals surface area contributed by atoms with Gasteiger partial charge in [-0.1, -0.05) is 6.92 Å². The van der Waals surface area contributed by atoms with Gasteiger partial charge in [0, 0.05) is 25.2 Å². The summed E-state index contributed by atoms with van der Waals surface area (Å²) in [7, 11) is 0. The summed E-state index contributed by atoms with van der Waals surface area (Å²) in [6.07, 6.45) is 7.93. The molecule has 0 aliphatic heterocycles. The Morgan fingerprint density at radius 2 is 2.06 bits per heavy atom. The maximum absolute atomic E-state index is 9.33. The summed E-state index contributed by atoms with van der Waals surface area (Å²) in [5.74, 6) is 0.992. The van der Waals surface area contributed by atoms with E-state index in [2.05, 4.69) is 17.1 Å². The third-order valence-corrected chi connectivity index (χ3v) is 3.92. The van der Waals surface area contributed by atoms with Crippen molar-refractivity contribution in [2.75, 3.05) is 26.2 Å². The Bertz CT molecular complexity index is 214. The number of nitrogens with one attached hydrogen (secondary N) is 1. The Labute approximate surface area is 106 Å². The lowest BCUT2D eigenvalue weighted by Crippen LogP contribution is -2.38. The highest BCUT2D eigenvalue weighted by molar-refractivity contribution is 4.88. The minimum absolute atomic E-state index is 0.280. The molecule has 2 aliphatic carbocycles. The molecular formula is C14H28N2O. The summed E-state index contributed by atoms with van der Waals surface area (Å²) >= 11 is 0. The third kappa shape index (κ3) is 4.94. The van der Waals surface area contributed by atoms with Crippen LogP contribution in [0.1, 0.15) is 45.4 Å². The Balaban J connectivity index is 1.65. The van der Waals surface area contributed by atoms with Crippen LogP contribution in [0.3, 0.4) is 0 Å². The summed E-state index contributed by atoms with van der Waals surface area (Å²) in [6, 6.07) is 1.18. The maximum atomic E-state index is 9.33. The molecule has 0 spiro atoms. The summed E-state index contributed by atoms with van der Waals surface area (Å²) in [5, 5.41) is 12.8. The van der Waals surface area contributed by atoms with E-state index in [9.17, 15) is 5.11 Å². The quantitative estimate of drug-likeness (QED) is 0.609. The molecule has 0 bridgehead atoms. The van der Waals surface area contributed by atoms with Crippen LogP contribution in [0.2, 0.25) is 0 Å².